The SMILES string of the molecule is Cc1nc(NCCN2CCOCC2)c2c3c(sc2n1)CCCC3. The minimum absolute atomic E-state index is 0.856. The normalized spacial score (nSPS) is 19.0. The van der Waals surface area contributed by atoms with Gasteiger partial charge in [-0.1, -0.05) is 0 Å². The molecule has 0 unspecified atom stereocenters. The summed E-state index contributed by atoms with van der Waals surface area (Å²) in [4.78, 5) is 14.5. The number of fused-ring (bicyclic) bond motifs is 3. The van der Waals surface area contributed by atoms with Gasteiger partial charge in [0.15, 0.2) is 0 Å². The molecule has 0 amide bonds. The molecule has 0 saturated carbocycles. The first-order valence-corrected chi connectivity index (χ1v) is 9.46. The van der Waals surface area contributed by atoms with E-state index < -0.39 is 0 Å². The lowest BCUT2D eigenvalue weighted by Gasteiger charge is -2.26. The number of aryl methyl sites for hydroxylation is 3. The molecule has 23 heavy (non-hydrogen) atoms. The van der Waals surface area contributed by atoms with Crippen LogP contribution in [0.2, 0.25) is 0 Å². The third-order valence-corrected chi connectivity index (χ3v) is 5.94. The number of rotatable bonds is 4. The molecule has 2 aliphatic rings. The summed E-state index contributed by atoms with van der Waals surface area (Å²) in [5.74, 6) is 1.91. The van der Waals surface area contributed by atoms with E-state index in [-0.39, 0.29) is 0 Å². The minimum Gasteiger partial charge on any atom is -0.379 e. The van der Waals surface area contributed by atoms with Crippen molar-refractivity contribution >= 4 is 27.4 Å². The van der Waals surface area contributed by atoms with Crippen LogP contribution in [-0.4, -0.2) is 54.3 Å². The Morgan fingerprint density at radius 2 is 2.00 bits per heavy atom. The van der Waals surface area contributed by atoms with Crippen LogP contribution in [0.25, 0.3) is 10.2 Å². The molecule has 0 radical (unpaired) electrons. The summed E-state index contributed by atoms with van der Waals surface area (Å²) in [6, 6.07) is 0. The van der Waals surface area contributed by atoms with Gasteiger partial charge in [-0.15, -0.1) is 11.3 Å². The molecule has 0 spiro atoms. The minimum atomic E-state index is 0.856. The molecule has 1 aliphatic heterocycles. The van der Waals surface area contributed by atoms with Crippen LogP contribution in [0.15, 0.2) is 0 Å². The smallest absolute Gasteiger partial charge is 0.138 e. The highest BCUT2D eigenvalue weighted by Gasteiger charge is 2.20. The van der Waals surface area contributed by atoms with Crippen LogP contribution in [0.5, 0.6) is 0 Å². The number of thiophene rings is 1. The summed E-state index contributed by atoms with van der Waals surface area (Å²) < 4.78 is 5.41. The first-order valence-electron chi connectivity index (χ1n) is 8.64. The molecule has 6 heteroatoms. The molecule has 1 saturated heterocycles. The fourth-order valence-electron chi connectivity index (χ4n) is 3.55. The fourth-order valence-corrected chi connectivity index (χ4v) is 4.86. The summed E-state index contributed by atoms with van der Waals surface area (Å²) in [7, 11) is 0. The first kappa shape index (κ1) is 15.3. The van der Waals surface area contributed by atoms with Crippen molar-refractivity contribution < 1.29 is 4.74 Å². The van der Waals surface area contributed by atoms with Gasteiger partial charge in [0, 0.05) is 31.1 Å². The highest BCUT2D eigenvalue weighted by molar-refractivity contribution is 7.19. The number of hydrogen-bond donors (Lipinski definition) is 1. The Morgan fingerprint density at radius 3 is 2.87 bits per heavy atom. The van der Waals surface area contributed by atoms with E-state index in [1.807, 2.05) is 18.3 Å². The molecule has 0 bridgehead atoms. The second kappa shape index (κ2) is 6.71. The molecule has 2 aromatic heterocycles. The van der Waals surface area contributed by atoms with Gasteiger partial charge in [-0.2, -0.15) is 0 Å². The van der Waals surface area contributed by atoms with Gasteiger partial charge in [0.25, 0.3) is 0 Å². The van der Waals surface area contributed by atoms with Gasteiger partial charge in [-0.3, -0.25) is 4.90 Å². The molecule has 5 nitrogen and oxygen atoms in total. The molecule has 2 aromatic rings. The number of aromatic nitrogens is 2. The Balaban J connectivity index is 1.54. The largest absolute Gasteiger partial charge is 0.379 e. The van der Waals surface area contributed by atoms with Gasteiger partial charge in [0.1, 0.15) is 16.5 Å². The predicted octanol–water partition coefficient (Wildman–Crippen LogP) is 2.62. The average Bonchev–Trinajstić information content (AvgIpc) is 2.93. The lowest BCUT2D eigenvalue weighted by molar-refractivity contribution is 0.0398. The summed E-state index contributed by atoms with van der Waals surface area (Å²) in [6.07, 6.45) is 4.99. The average molecular weight is 332 g/mol. The van der Waals surface area contributed by atoms with E-state index in [2.05, 4.69) is 15.2 Å². The fraction of sp³-hybridized carbons (Fsp3) is 0.647. The van der Waals surface area contributed by atoms with Crippen LogP contribution in [0.1, 0.15) is 29.1 Å². The molecule has 0 atom stereocenters. The number of nitrogens with one attached hydrogen (secondary N) is 1. The summed E-state index contributed by atoms with van der Waals surface area (Å²) in [5.41, 5.74) is 1.50. The lowest BCUT2D eigenvalue weighted by Crippen LogP contribution is -2.39. The van der Waals surface area contributed by atoms with Gasteiger partial charge in [0.2, 0.25) is 0 Å². The molecule has 124 valence electrons. The van der Waals surface area contributed by atoms with Crippen molar-refractivity contribution in [2.45, 2.75) is 32.6 Å². The third kappa shape index (κ3) is 3.20. The molecule has 0 aromatic carbocycles. The van der Waals surface area contributed by atoms with Crippen LogP contribution in [0.3, 0.4) is 0 Å². The second-order valence-electron chi connectivity index (χ2n) is 6.39. The van der Waals surface area contributed by atoms with E-state index in [4.69, 9.17) is 9.72 Å². The van der Waals surface area contributed by atoms with E-state index in [0.29, 0.717) is 0 Å². The maximum Gasteiger partial charge on any atom is 0.138 e. The highest BCUT2D eigenvalue weighted by Crippen LogP contribution is 2.38. The van der Waals surface area contributed by atoms with Crippen LogP contribution in [-0.2, 0) is 17.6 Å². The van der Waals surface area contributed by atoms with E-state index in [1.54, 1.807) is 0 Å². The van der Waals surface area contributed by atoms with Crippen molar-refractivity contribution in [3.05, 3.63) is 16.3 Å². The predicted molar refractivity (Wildman–Crippen MR) is 94.5 cm³/mol. The van der Waals surface area contributed by atoms with Gasteiger partial charge < -0.3 is 10.1 Å². The summed E-state index contributed by atoms with van der Waals surface area (Å²) in [6.45, 7) is 7.74. The van der Waals surface area contributed by atoms with E-state index >= 15 is 0 Å². The van der Waals surface area contributed by atoms with Gasteiger partial charge in [0.05, 0.1) is 18.6 Å². The summed E-state index contributed by atoms with van der Waals surface area (Å²) >= 11 is 1.87. The number of hydrogen-bond acceptors (Lipinski definition) is 6. The maximum absolute atomic E-state index is 5.41. The number of ether oxygens (including phenoxy) is 1. The quantitative estimate of drug-likeness (QED) is 0.933. The van der Waals surface area contributed by atoms with E-state index in [9.17, 15) is 0 Å². The molecule has 1 N–H and O–H groups in total. The van der Waals surface area contributed by atoms with Crippen LogP contribution < -0.4 is 5.32 Å². The number of nitrogens with zero attached hydrogens (tertiary/aromatic N) is 3. The molecular weight excluding hydrogens is 308 g/mol. The van der Waals surface area contributed by atoms with Crippen molar-refractivity contribution in [1.29, 1.82) is 0 Å². The third-order valence-electron chi connectivity index (χ3n) is 4.75. The van der Waals surface area contributed by atoms with E-state index in [0.717, 1.165) is 51.0 Å². The molecule has 3 heterocycles. The van der Waals surface area contributed by atoms with Crippen molar-refractivity contribution in [3.63, 3.8) is 0 Å². The van der Waals surface area contributed by atoms with Crippen LogP contribution in [0, 0.1) is 6.92 Å². The topological polar surface area (TPSA) is 50.3 Å². The Hall–Kier alpha value is -1.24. The van der Waals surface area contributed by atoms with Crippen molar-refractivity contribution in [2.24, 2.45) is 0 Å². The zero-order chi connectivity index (χ0) is 15.6. The van der Waals surface area contributed by atoms with Gasteiger partial charge in [-0.25, -0.2) is 9.97 Å². The Morgan fingerprint density at radius 1 is 1.17 bits per heavy atom. The maximum atomic E-state index is 5.41. The standard InChI is InChI=1S/C17H24N4OS/c1-12-19-16(18-6-7-21-8-10-22-11-9-21)15-13-4-2-3-5-14(13)23-17(15)20-12/h2-11H2,1H3,(H,18,19,20). The second-order valence-corrected chi connectivity index (χ2v) is 7.47. The van der Waals surface area contributed by atoms with Gasteiger partial charge >= 0.3 is 0 Å². The Bertz CT molecular complexity index is 693. The van der Waals surface area contributed by atoms with Crippen molar-refractivity contribution in [3.8, 4) is 0 Å². The molecule has 4 rings (SSSR count). The van der Waals surface area contributed by atoms with Gasteiger partial charge in [-0.05, 0) is 38.2 Å². The first-order chi connectivity index (χ1) is 11.3. The number of anilines is 1. The van der Waals surface area contributed by atoms with Crippen molar-refractivity contribution in [1.82, 2.24) is 14.9 Å². The highest BCUT2D eigenvalue weighted by atomic mass is 32.1. The molecule has 1 aliphatic carbocycles. The summed E-state index contributed by atoms with van der Waals surface area (Å²) in [5, 5.41) is 4.87. The Labute approximate surface area is 141 Å². The monoisotopic (exact) mass is 332 g/mol. The van der Waals surface area contributed by atoms with Crippen molar-refractivity contribution in [2.75, 3.05) is 44.7 Å². The lowest BCUT2D eigenvalue weighted by atomic mass is 9.97. The zero-order valence-electron chi connectivity index (χ0n) is 13.7. The zero-order valence-corrected chi connectivity index (χ0v) is 14.5. The van der Waals surface area contributed by atoms with E-state index in [1.165, 1.54) is 46.3 Å². The molecular formula is C17H24N4OS. The number of morpholine rings is 1. The van der Waals surface area contributed by atoms with Crippen LogP contribution in [0.4, 0.5) is 5.82 Å². The molecule has 1 fully saturated rings. The van der Waals surface area contributed by atoms with Crippen LogP contribution >= 0.6 is 11.3 Å². The Kier molecular flexibility index (Phi) is 4.46.